The zero-order chi connectivity index (χ0) is 16.9. The van der Waals surface area contributed by atoms with Crippen molar-refractivity contribution < 1.29 is 14.5 Å². The van der Waals surface area contributed by atoms with E-state index in [2.05, 4.69) is 6.92 Å². The number of nitrogens with zero attached hydrogens (tertiary/aromatic N) is 1. The van der Waals surface area contributed by atoms with Gasteiger partial charge < -0.3 is 5.11 Å². The van der Waals surface area contributed by atoms with Gasteiger partial charge in [0.1, 0.15) is 0 Å². The van der Waals surface area contributed by atoms with Gasteiger partial charge in [-0.15, -0.1) is 0 Å². The molecule has 1 heterocycles. The van der Waals surface area contributed by atoms with Gasteiger partial charge >= 0.3 is 5.97 Å². The van der Waals surface area contributed by atoms with Gasteiger partial charge in [-0.2, -0.15) is 0 Å². The number of rotatable bonds is 13. The molecule has 1 aromatic rings. The third-order valence-electron chi connectivity index (χ3n) is 4.37. The van der Waals surface area contributed by atoms with Crippen LogP contribution in [0.15, 0.2) is 24.4 Å². The predicted octanol–water partition coefficient (Wildman–Crippen LogP) is 4.49. The number of anilines is 1. The first-order valence-electron chi connectivity index (χ1n) is 9.15. The molecule has 1 unspecified atom stereocenters. The average molecular weight is 321 g/mol. The second-order valence-corrected chi connectivity index (χ2v) is 6.36. The SMILES string of the molecule is CCCCCCCCCCCCC(C(=O)O)[n+]1ccccc1N. The van der Waals surface area contributed by atoms with Crippen molar-refractivity contribution in [2.75, 3.05) is 5.73 Å². The van der Waals surface area contributed by atoms with Crippen molar-refractivity contribution >= 4 is 11.8 Å². The molecule has 0 saturated carbocycles. The van der Waals surface area contributed by atoms with E-state index in [0.717, 1.165) is 12.8 Å². The van der Waals surface area contributed by atoms with Gasteiger partial charge in [-0.1, -0.05) is 70.8 Å². The van der Waals surface area contributed by atoms with Gasteiger partial charge in [0.15, 0.2) is 6.04 Å². The van der Waals surface area contributed by atoms with E-state index in [-0.39, 0.29) is 0 Å². The van der Waals surface area contributed by atoms with Crippen molar-refractivity contribution in [3.63, 3.8) is 0 Å². The number of carboxylic acid groups (broad SMARTS) is 1. The lowest BCUT2D eigenvalue weighted by atomic mass is 10.0. The predicted molar refractivity (Wildman–Crippen MR) is 94.2 cm³/mol. The number of carbonyl (C=O) groups is 1. The Morgan fingerprint density at radius 2 is 1.61 bits per heavy atom. The molecule has 0 spiro atoms. The summed E-state index contributed by atoms with van der Waals surface area (Å²) in [5.41, 5.74) is 5.88. The first-order valence-corrected chi connectivity index (χ1v) is 9.15. The molecule has 130 valence electrons. The smallest absolute Gasteiger partial charge is 0.349 e. The molecule has 3 N–H and O–H groups in total. The van der Waals surface area contributed by atoms with E-state index in [1.807, 2.05) is 12.1 Å². The molecule has 0 radical (unpaired) electrons. The fraction of sp³-hybridized carbons (Fsp3) is 0.684. The number of hydrogen-bond donors (Lipinski definition) is 2. The number of hydrogen-bond acceptors (Lipinski definition) is 2. The van der Waals surface area contributed by atoms with Crippen LogP contribution in [-0.2, 0) is 4.79 Å². The van der Waals surface area contributed by atoms with Crippen LogP contribution in [0, 0.1) is 0 Å². The summed E-state index contributed by atoms with van der Waals surface area (Å²) < 4.78 is 1.66. The lowest BCUT2D eigenvalue weighted by molar-refractivity contribution is -0.697. The maximum absolute atomic E-state index is 11.5. The standard InChI is InChI=1S/C19H32N2O2/c1-2-3-4-5-6-7-8-9-10-11-14-17(19(22)23)21-16-13-12-15-18(21)20/h12-13,15-17,20H,2-11,14H2,1H3,(H,22,23)/p+1. The number of unbranched alkanes of at least 4 members (excludes halogenated alkanes) is 9. The van der Waals surface area contributed by atoms with Crippen molar-refractivity contribution in [2.45, 2.75) is 83.6 Å². The molecule has 4 heteroatoms. The molecule has 0 aliphatic carbocycles. The molecule has 1 atom stereocenters. The normalized spacial score (nSPS) is 12.2. The van der Waals surface area contributed by atoms with Crippen LogP contribution in [0.1, 0.15) is 83.6 Å². The summed E-state index contributed by atoms with van der Waals surface area (Å²) in [6.07, 6.45) is 15.0. The van der Waals surface area contributed by atoms with Crippen molar-refractivity contribution in [2.24, 2.45) is 0 Å². The first kappa shape index (κ1) is 19.5. The molecule has 0 aromatic carbocycles. The maximum Gasteiger partial charge on any atom is 0.349 e. The van der Waals surface area contributed by atoms with Crippen molar-refractivity contribution in [1.82, 2.24) is 0 Å². The number of aromatic nitrogens is 1. The Morgan fingerprint density at radius 1 is 1.04 bits per heavy atom. The number of nitrogen functional groups attached to an aromatic ring is 1. The zero-order valence-electron chi connectivity index (χ0n) is 14.5. The summed E-state index contributed by atoms with van der Waals surface area (Å²) in [5, 5.41) is 9.42. The Labute approximate surface area is 140 Å². The quantitative estimate of drug-likeness (QED) is 0.415. The van der Waals surface area contributed by atoms with Crippen LogP contribution in [0.5, 0.6) is 0 Å². The number of nitrogens with two attached hydrogens (primary N) is 1. The summed E-state index contributed by atoms with van der Waals surface area (Å²) >= 11 is 0. The lowest BCUT2D eigenvalue weighted by Crippen LogP contribution is -2.45. The van der Waals surface area contributed by atoms with Crippen LogP contribution in [0.25, 0.3) is 0 Å². The van der Waals surface area contributed by atoms with Crippen molar-refractivity contribution in [3.05, 3.63) is 24.4 Å². The highest BCUT2D eigenvalue weighted by atomic mass is 16.4. The van der Waals surface area contributed by atoms with Crippen LogP contribution < -0.4 is 10.3 Å². The summed E-state index contributed by atoms with van der Waals surface area (Å²) in [5.74, 6) is -0.296. The number of aliphatic carboxylic acids is 1. The Morgan fingerprint density at radius 3 is 2.13 bits per heavy atom. The van der Waals surface area contributed by atoms with Crippen LogP contribution in [0.3, 0.4) is 0 Å². The minimum absolute atomic E-state index is 0.506. The molecule has 0 fully saturated rings. The molecule has 23 heavy (non-hydrogen) atoms. The molecular formula is C19H33N2O2+. The summed E-state index contributed by atoms with van der Waals surface area (Å²) in [6, 6.07) is 4.84. The summed E-state index contributed by atoms with van der Waals surface area (Å²) in [6.45, 7) is 2.24. The van der Waals surface area contributed by atoms with Crippen LogP contribution in [0.4, 0.5) is 5.82 Å². The molecule has 0 saturated heterocycles. The summed E-state index contributed by atoms with van der Waals surface area (Å²) in [7, 11) is 0. The number of pyridine rings is 1. The first-order chi connectivity index (χ1) is 11.2. The van der Waals surface area contributed by atoms with E-state index >= 15 is 0 Å². The van der Waals surface area contributed by atoms with E-state index in [4.69, 9.17) is 5.73 Å². The lowest BCUT2D eigenvalue weighted by Gasteiger charge is -2.12. The minimum atomic E-state index is -0.802. The third kappa shape index (κ3) is 8.00. The van der Waals surface area contributed by atoms with Crippen molar-refractivity contribution in [1.29, 1.82) is 0 Å². The highest BCUT2D eigenvalue weighted by Crippen LogP contribution is 2.15. The zero-order valence-corrected chi connectivity index (χ0v) is 14.5. The van der Waals surface area contributed by atoms with Crippen LogP contribution >= 0.6 is 0 Å². The molecule has 0 aliphatic rings. The largest absolute Gasteiger partial charge is 0.478 e. The van der Waals surface area contributed by atoms with Gasteiger partial charge in [0, 0.05) is 6.07 Å². The Balaban J connectivity index is 2.18. The van der Waals surface area contributed by atoms with E-state index in [1.165, 1.54) is 51.4 Å². The van der Waals surface area contributed by atoms with E-state index < -0.39 is 12.0 Å². The molecule has 1 aromatic heterocycles. The van der Waals surface area contributed by atoms with Gasteiger partial charge in [-0.25, -0.2) is 9.36 Å². The molecule has 0 bridgehead atoms. The molecule has 0 amide bonds. The van der Waals surface area contributed by atoms with Crippen LogP contribution in [-0.4, -0.2) is 11.1 Å². The fourth-order valence-electron chi connectivity index (χ4n) is 2.96. The molecule has 0 aliphatic heterocycles. The monoisotopic (exact) mass is 321 g/mol. The molecule has 4 nitrogen and oxygen atoms in total. The van der Waals surface area contributed by atoms with Gasteiger partial charge in [0.2, 0.25) is 0 Å². The third-order valence-corrected chi connectivity index (χ3v) is 4.37. The van der Waals surface area contributed by atoms with Gasteiger partial charge in [-0.3, -0.25) is 5.73 Å². The Bertz CT molecular complexity index is 449. The van der Waals surface area contributed by atoms with E-state index in [9.17, 15) is 9.90 Å². The summed E-state index contributed by atoms with van der Waals surface area (Å²) in [4.78, 5) is 11.5. The van der Waals surface area contributed by atoms with E-state index in [0.29, 0.717) is 12.2 Å². The second kappa shape index (κ2) is 11.9. The van der Waals surface area contributed by atoms with Crippen molar-refractivity contribution in [3.8, 4) is 0 Å². The maximum atomic E-state index is 11.5. The second-order valence-electron chi connectivity index (χ2n) is 6.36. The van der Waals surface area contributed by atoms with Crippen LogP contribution in [0.2, 0.25) is 0 Å². The van der Waals surface area contributed by atoms with Gasteiger partial charge in [-0.05, 0) is 18.9 Å². The minimum Gasteiger partial charge on any atom is -0.478 e. The highest BCUT2D eigenvalue weighted by molar-refractivity contribution is 5.70. The number of carboxylic acids is 1. The van der Waals surface area contributed by atoms with Gasteiger partial charge in [0.25, 0.3) is 5.82 Å². The Hall–Kier alpha value is -1.58. The van der Waals surface area contributed by atoms with E-state index in [1.54, 1.807) is 16.8 Å². The highest BCUT2D eigenvalue weighted by Gasteiger charge is 2.24. The topological polar surface area (TPSA) is 67.2 Å². The fourth-order valence-corrected chi connectivity index (χ4v) is 2.96. The molecular weight excluding hydrogens is 288 g/mol. The average Bonchev–Trinajstić information content (AvgIpc) is 2.53. The molecule has 1 rings (SSSR count). The van der Waals surface area contributed by atoms with Gasteiger partial charge in [0.05, 0.1) is 6.20 Å². The Kier molecular flexibility index (Phi) is 10.1.